The van der Waals surface area contributed by atoms with Crippen LogP contribution in [0.25, 0.3) is 0 Å². The summed E-state index contributed by atoms with van der Waals surface area (Å²) in [5, 5.41) is 17.4. The molecule has 1 aliphatic heterocycles. The summed E-state index contributed by atoms with van der Waals surface area (Å²) >= 11 is 0. The minimum Gasteiger partial charge on any atom is -0.361 e. The van der Waals surface area contributed by atoms with Crippen LogP contribution in [0.3, 0.4) is 0 Å². The second-order valence-electron chi connectivity index (χ2n) is 6.23. The van der Waals surface area contributed by atoms with Crippen LogP contribution in [0, 0.1) is 25.7 Å². The number of nitrogens with one attached hydrogen (secondary N) is 1. The Labute approximate surface area is 136 Å². The Bertz CT molecular complexity index is 538. The van der Waals surface area contributed by atoms with Crippen LogP contribution in [0.15, 0.2) is 4.52 Å². The molecule has 7 nitrogen and oxygen atoms in total. The van der Waals surface area contributed by atoms with E-state index in [2.05, 4.69) is 17.4 Å². The Hall–Kier alpha value is -1.89. The number of hydrogen-bond donors (Lipinski definition) is 2. The van der Waals surface area contributed by atoms with Crippen molar-refractivity contribution in [2.45, 2.75) is 52.5 Å². The summed E-state index contributed by atoms with van der Waals surface area (Å²) in [6.07, 6.45) is 3.66. The number of hydrogen-bond acceptors (Lipinski definition) is 5. The van der Waals surface area contributed by atoms with E-state index in [4.69, 9.17) is 4.52 Å². The molecule has 2 rings (SSSR count). The van der Waals surface area contributed by atoms with E-state index >= 15 is 0 Å². The van der Waals surface area contributed by atoms with Crippen molar-refractivity contribution >= 4 is 12.3 Å². The first-order chi connectivity index (χ1) is 11.0. The average Bonchev–Trinajstić information content (AvgIpc) is 3.06. The minimum atomic E-state index is -0.617. The van der Waals surface area contributed by atoms with E-state index < -0.39 is 12.0 Å². The van der Waals surface area contributed by atoms with E-state index in [9.17, 15) is 14.8 Å². The predicted octanol–water partition coefficient (Wildman–Crippen LogP) is 1.60. The Morgan fingerprint density at radius 1 is 1.52 bits per heavy atom. The number of nitrogens with zero attached hydrogens (tertiary/aromatic N) is 2. The second kappa shape index (κ2) is 7.59. The summed E-state index contributed by atoms with van der Waals surface area (Å²) in [4.78, 5) is 23.4. The number of rotatable bonds is 8. The summed E-state index contributed by atoms with van der Waals surface area (Å²) in [5.74, 6) is 0.229. The van der Waals surface area contributed by atoms with Crippen LogP contribution in [-0.4, -0.2) is 40.3 Å². The fourth-order valence-electron chi connectivity index (χ4n) is 3.39. The lowest BCUT2D eigenvalue weighted by atomic mass is 9.82. The number of aryl methyl sites for hydroxylation is 2. The van der Waals surface area contributed by atoms with Crippen LogP contribution in [0.1, 0.15) is 43.2 Å². The Balaban J connectivity index is 2.26. The van der Waals surface area contributed by atoms with Crippen molar-refractivity contribution in [1.29, 1.82) is 0 Å². The maximum absolute atomic E-state index is 12.3. The Kier molecular flexibility index (Phi) is 5.76. The molecule has 0 bridgehead atoms. The van der Waals surface area contributed by atoms with E-state index in [-0.39, 0.29) is 11.8 Å². The van der Waals surface area contributed by atoms with Gasteiger partial charge in [-0.2, -0.15) is 0 Å². The first-order valence-electron chi connectivity index (χ1n) is 8.11. The molecule has 0 aliphatic carbocycles. The van der Waals surface area contributed by atoms with Gasteiger partial charge in [0, 0.05) is 18.5 Å². The quantitative estimate of drug-likeness (QED) is 0.430. The lowest BCUT2D eigenvalue weighted by Gasteiger charge is -2.30. The largest absolute Gasteiger partial charge is 0.361 e. The number of amides is 2. The number of aromatic nitrogens is 1. The van der Waals surface area contributed by atoms with Crippen LogP contribution in [-0.2, 0) is 16.0 Å². The van der Waals surface area contributed by atoms with Gasteiger partial charge in [0.15, 0.2) is 0 Å². The molecule has 0 saturated carbocycles. The van der Waals surface area contributed by atoms with Crippen molar-refractivity contribution in [2.75, 3.05) is 6.54 Å². The first kappa shape index (κ1) is 17.5. The summed E-state index contributed by atoms with van der Waals surface area (Å²) in [7, 11) is 0. The minimum absolute atomic E-state index is 0.108. The molecule has 128 valence electrons. The summed E-state index contributed by atoms with van der Waals surface area (Å²) in [5.41, 5.74) is 1.56. The topological polar surface area (TPSA) is 95.7 Å². The van der Waals surface area contributed by atoms with Gasteiger partial charge >= 0.3 is 0 Å². The standard InChI is InChI=1S/C16H25N3O4/c1-4-5-6-12-8-17-16(21)15(12)14(19(22)9-20)7-13-10(2)18-23-11(13)3/h9,12,14-15,22H,4-8H2,1-3H3,(H,17,21). The van der Waals surface area contributed by atoms with Gasteiger partial charge in [0.25, 0.3) is 0 Å². The SMILES string of the molecule is CCCCC1CNC(=O)C1C(Cc1c(C)noc1C)N(O)C=O. The third kappa shape index (κ3) is 3.72. The molecular weight excluding hydrogens is 298 g/mol. The smallest absolute Gasteiger partial charge is 0.233 e. The molecule has 2 amide bonds. The predicted molar refractivity (Wildman–Crippen MR) is 82.7 cm³/mol. The lowest BCUT2D eigenvalue weighted by molar-refractivity contribution is -0.168. The van der Waals surface area contributed by atoms with Crippen molar-refractivity contribution in [3.05, 3.63) is 17.0 Å². The molecule has 1 aromatic rings. The van der Waals surface area contributed by atoms with Crippen molar-refractivity contribution in [3.63, 3.8) is 0 Å². The van der Waals surface area contributed by atoms with E-state index in [1.165, 1.54) is 0 Å². The van der Waals surface area contributed by atoms with Gasteiger partial charge in [0.05, 0.1) is 17.7 Å². The number of unbranched alkanes of at least 4 members (excludes halogenated alkanes) is 1. The molecule has 2 N–H and O–H groups in total. The molecular formula is C16H25N3O4. The van der Waals surface area contributed by atoms with Gasteiger partial charge in [-0.15, -0.1) is 0 Å². The summed E-state index contributed by atoms with van der Waals surface area (Å²) in [6, 6.07) is -0.617. The zero-order valence-electron chi connectivity index (χ0n) is 13.9. The van der Waals surface area contributed by atoms with Crippen LogP contribution in [0.5, 0.6) is 0 Å². The van der Waals surface area contributed by atoms with Gasteiger partial charge < -0.3 is 9.84 Å². The van der Waals surface area contributed by atoms with Gasteiger partial charge in [0.2, 0.25) is 12.3 Å². The van der Waals surface area contributed by atoms with Crippen molar-refractivity contribution < 1.29 is 19.3 Å². The van der Waals surface area contributed by atoms with Gasteiger partial charge in [-0.1, -0.05) is 24.9 Å². The number of carbonyl (C=O) groups excluding carboxylic acids is 2. The van der Waals surface area contributed by atoms with Crippen molar-refractivity contribution in [3.8, 4) is 0 Å². The van der Waals surface area contributed by atoms with Crippen LogP contribution >= 0.6 is 0 Å². The molecule has 3 atom stereocenters. The molecule has 1 fully saturated rings. The molecule has 2 heterocycles. The number of carbonyl (C=O) groups is 2. The third-order valence-electron chi connectivity index (χ3n) is 4.73. The molecule has 0 spiro atoms. The highest BCUT2D eigenvalue weighted by Gasteiger charge is 2.42. The van der Waals surface area contributed by atoms with Gasteiger partial charge in [-0.3, -0.25) is 14.8 Å². The average molecular weight is 323 g/mol. The van der Waals surface area contributed by atoms with E-state index in [1.54, 1.807) is 6.92 Å². The zero-order chi connectivity index (χ0) is 17.0. The van der Waals surface area contributed by atoms with E-state index in [0.717, 1.165) is 30.5 Å². The highest BCUT2D eigenvalue weighted by atomic mass is 16.5. The summed E-state index contributed by atoms with van der Waals surface area (Å²) in [6.45, 7) is 6.30. The molecule has 3 unspecified atom stereocenters. The molecule has 0 radical (unpaired) electrons. The molecule has 7 heteroatoms. The normalized spacial score (nSPS) is 22.0. The molecule has 23 heavy (non-hydrogen) atoms. The monoisotopic (exact) mass is 323 g/mol. The fraction of sp³-hybridized carbons (Fsp3) is 0.688. The third-order valence-corrected chi connectivity index (χ3v) is 4.73. The fourth-order valence-corrected chi connectivity index (χ4v) is 3.39. The van der Waals surface area contributed by atoms with Gasteiger partial charge in [0.1, 0.15) is 5.76 Å². The molecule has 1 aromatic heterocycles. The number of hydroxylamine groups is 2. The lowest BCUT2D eigenvalue weighted by Crippen LogP contribution is -2.44. The maximum Gasteiger partial charge on any atom is 0.233 e. The van der Waals surface area contributed by atoms with E-state index in [0.29, 0.717) is 30.2 Å². The van der Waals surface area contributed by atoms with E-state index in [1.807, 2.05) is 6.92 Å². The zero-order valence-corrected chi connectivity index (χ0v) is 13.9. The molecule has 1 aliphatic rings. The van der Waals surface area contributed by atoms with Gasteiger partial charge in [-0.25, -0.2) is 5.06 Å². The summed E-state index contributed by atoms with van der Waals surface area (Å²) < 4.78 is 5.15. The Morgan fingerprint density at radius 2 is 2.26 bits per heavy atom. The van der Waals surface area contributed by atoms with Crippen LogP contribution in [0.4, 0.5) is 0 Å². The van der Waals surface area contributed by atoms with Crippen molar-refractivity contribution in [2.24, 2.45) is 11.8 Å². The van der Waals surface area contributed by atoms with Crippen LogP contribution < -0.4 is 5.32 Å². The Morgan fingerprint density at radius 3 is 2.83 bits per heavy atom. The highest BCUT2D eigenvalue weighted by molar-refractivity contribution is 5.82. The second-order valence-corrected chi connectivity index (χ2v) is 6.23. The highest BCUT2D eigenvalue weighted by Crippen LogP contribution is 2.31. The van der Waals surface area contributed by atoms with Crippen molar-refractivity contribution in [1.82, 2.24) is 15.5 Å². The molecule has 0 aromatic carbocycles. The molecule has 1 saturated heterocycles. The maximum atomic E-state index is 12.3. The van der Waals surface area contributed by atoms with Gasteiger partial charge in [-0.05, 0) is 26.2 Å². The van der Waals surface area contributed by atoms with Crippen LogP contribution in [0.2, 0.25) is 0 Å². The first-order valence-corrected chi connectivity index (χ1v) is 8.11.